The molecule has 4 heteroatoms. The smallest absolute Gasteiger partial charge is 0.0736 e. The highest BCUT2D eigenvalue weighted by molar-refractivity contribution is 4.99. The summed E-state index contributed by atoms with van der Waals surface area (Å²) in [5.41, 5.74) is -0.585. The molecule has 0 rings (SSSR count). The molecule has 4 atom stereocenters. The first-order chi connectivity index (χ1) is 7.39. The number of hydrogen-bond donors (Lipinski definition) is 1. The van der Waals surface area contributed by atoms with Gasteiger partial charge in [0.25, 0.3) is 0 Å². The molecule has 0 aromatic carbocycles. The van der Waals surface area contributed by atoms with E-state index in [1.807, 2.05) is 20.8 Å². The lowest BCUT2D eigenvalue weighted by Gasteiger charge is -2.47. The Balaban J connectivity index is 5.38. The van der Waals surface area contributed by atoms with Crippen molar-refractivity contribution in [3.05, 3.63) is 0 Å². The zero-order valence-corrected chi connectivity index (χ0v) is 11.5. The van der Waals surface area contributed by atoms with Gasteiger partial charge < -0.3 is 19.3 Å². The van der Waals surface area contributed by atoms with Crippen LogP contribution in [0.4, 0.5) is 0 Å². The molecule has 0 aliphatic rings. The van der Waals surface area contributed by atoms with E-state index in [1.54, 1.807) is 28.3 Å². The number of aliphatic hydroxyl groups excluding tert-OH is 1. The van der Waals surface area contributed by atoms with Gasteiger partial charge in [-0.25, -0.2) is 0 Å². The maximum atomic E-state index is 10.1. The Labute approximate surface area is 98.9 Å². The van der Waals surface area contributed by atoms with Crippen LogP contribution >= 0.6 is 0 Å². The molecule has 98 valence electrons. The largest absolute Gasteiger partial charge is 0.393 e. The van der Waals surface area contributed by atoms with Crippen molar-refractivity contribution >= 4 is 0 Å². The molecule has 16 heavy (non-hydrogen) atoms. The van der Waals surface area contributed by atoms with Crippen molar-refractivity contribution in [3.63, 3.8) is 0 Å². The normalized spacial score (nSPS) is 23.2. The monoisotopic (exact) mass is 234 g/mol. The number of aliphatic hydroxyl groups is 1. The predicted molar refractivity (Wildman–Crippen MR) is 63.5 cm³/mol. The van der Waals surface area contributed by atoms with Crippen LogP contribution in [0.2, 0.25) is 0 Å². The quantitative estimate of drug-likeness (QED) is 0.724. The van der Waals surface area contributed by atoms with Gasteiger partial charge >= 0.3 is 0 Å². The second-order valence-electron chi connectivity index (χ2n) is 4.31. The molecular formula is C12H26O4. The molecule has 0 spiro atoms. The second-order valence-corrected chi connectivity index (χ2v) is 4.31. The summed E-state index contributed by atoms with van der Waals surface area (Å²) in [5, 5.41) is 10.1. The third kappa shape index (κ3) is 2.56. The average molecular weight is 234 g/mol. The molecule has 4 nitrogen and oxygen atoms in total. The maximum absolute atomic E-state index is 10.1. The second kappa shape index (κ2) is 6.55. The lowest BCUT2D eigenvalue weighted by atomic mass is 9.69. The fourth-order valence-corrected chi connectivity index (χ4v) is 2.62. The number of ether oxygens (including phenoxy) is 3. The highest BCUT2D eigenvalue weighted by Gasteiger charge is 2.51. The van der Waals surface area contributed by atoms with Crippen LogP contribution in [0.25, 0.3) is 0 Å². The van der Waals surface area contributed by atoms with Crippen molar-refractivity contribution in [1.82, 2.24) is 0 Å². The zero-order chi connectivity index (χ0) is 12.9. The first-order valence-corrected chi connectivity index (χ1v) is 5.65. The Morgan fingerprint density at radius 3 is 1.12 bits per heavy atom. The Morgan fingerprint density at radius 2 is 1.00 bits per heavy atom. The van der Waals surface area contributed by atoms with Crippen LogP contribution in [0, 0.1) is 5.41 Å². The minimum absolute atomic E-state index is 0.169. The molecule has 1 N–H and O–H groups in total. The van der Waals surface area contributed by atoms with E-state index in [2.05, 4.69) is 0 Å². The highest BCUT2D eigenvalue weighted by atomic mass is 16.5. The summed E-state index contributed by atoms with van der Waals surface area (Å²) in [6.45, 7) is 7.54. The van der Waals surface area contributed by atoms with Gasteiger partial charge in [0.1, 0.15) is 0 Å². The summed E-state index contributed by atoms with van der Waals surface area (Å²) in [4.78, 5) is 0. The molecular weight excluding hydrogens is 208 g/mol. The van der Waals surface area contributed by atoms with Crippen molar-refractivity contribution in [1.29, 1.82) is 0 Å². The van der Waals surface area contributed by atoms with Crippen LogP contribution in [0.1, 0.15) is 27.7 Å². The Hall–Kier alpha value is -0.160. The summed E-state index contributed by atoms with van der Waals surface area (Å²) in [5.74, 6) is 0. The molecule has 0 aliphatic heterocycles. The van der Waals surface area contributed by atoms with Gasteiger partial charge in [0.05, 0.1) is 29.8 Å². The molecule has 0 aliphatic carbocycles. The molecule has 0 amide bonds. The van der Waals surface area contributed by atoms with E-state index in [0.29, 0.717) is 0 Å². The zero-order valence-electron chi connectivity index (χ0n) is 11.5. The summed E-state index contributed by atoms with van der Waals surface area (Å²) < 4.78 is 16.2. The average Bonchev–Trinajstić information content (AvgIpc) is 2.28. The summed E-state index contributed by atoms with van der Waals surface area (Å²) >= 11 is 0. The fraction of sp³-hybridized carbons (Fsp3) is 1.00. The lowest BCUT2D eigenvalue weighted by molar-refractivity contribution is -0.197. The molecule has 0 heterocycles. The third-order valence-electron chi connectivity index (χ3n) is 3.90. The van der Waals surface area contributed by atoms with Crippen molar-refractivity contribution in [3.8, 4) is 0 Å². The van der Waals surface area contributed by atoms with E-state index >= 15 is 0 Å². The van der Waals surface area contributed by atoms with Crippen LogP contribution in [-0.2, 0) is 14.2 Å². The van der Waals surface area contributed by atoms with E-state index in [0.717, 1.165) is 0 Å². The molecule has 4 unspecified atom stereocenters. The van der Waals surface area contributed by atoms with Crippen LogP contribution in [-0.4, -0.2) is 50.9 Å². The Bertz CT molecular complexity index is 167. The van der Waals surface area contributed by atoms with Gasteiger partial charge in [-0.3, -0.25) is 0 Å². The number of hydrogen-bond acceptors (Lipinski definition) is 4. The van der Waals surface area contributed by atoms with Crippen molar-refractivity contribution in [2.45, 2.75) is 52.1 Å². The van der Waals surface area contributed by atoms with Gasteiger partial charge in [0, 0.05) is 21.3 Å². The third-order valence-corrected chi connectivity index (χ3v) is 3.90. The number of methoxy groups -OCH3 is 3. The van der Waals surface area contributed by atoms with Crippen molar-refractivity contribution in [2.75, 3.05) is 21.3 Å². The standard InChI is InChI=1S/C12H26O4/c1-8(13)12(9(2)14-5,10(3)15-6)11(4)16-7/h8-11,13H,1-7H3. The predicted octanol–water partition coefficient (Wildman–Crippen LogP) is 1.46. The SMILES string of the molecule is COC(C)C(C(C)O)(C(C)OC)C(C)OC. The van der Waals surface area contributed by atoms with E-state index < -0.39 is 11.5 Å². The van der Waals surface area contributed by atoms with E-state index in [1.165, 1.54) is 0 Å². The number of rotatable bonds is 7. The maximum Gasteiger partial charge on any atom is 0.0736 e. The molecule has 0 aromatic heterocycles. The summed E-state index contributed by atoms with van der Waals surface area (Å²) in [7, 11) is 4.89. The minimum atomic E-state index is -0.590. The molecule has 0 bridgehead atoms. The lowest BCUT2D eigenvalue weighted by Crippen LogP contribution is -2.58. The molecule has 0 saturated heterocycles. The van der Waals surface area contributed by atoms with Crippen molar-refractivity contribution in [2.24, 2.45) is 5.41 Å². The van der Waals surface area contributed by atoms with Gasteiger partial charge in [-0.1, -0.05) is 0 Å². The Morgan fingerprint density at radius 1 is 0.750 bits per heavy atom. The van der Waals surface area contributed by atoms with Crippen LogP contribution in [0.15, 0.2) is 0 Å². The van der Waals surface area contributed by atoms with Crippen molar-refractivity contribution < 1.29 is 19.3 Å². The molecule has 0 fully saturated rings. The van der Waals surface area contributed by atoms with Crippen LogP contribution in [0.5, 0.6) is 0 Å². The first kappa shape index (κ1) is 15.8. The van der Waals surface area contributed by atoms with Crippen LogP contribution < -0.4 is 0 Å². The highest BCUT2D eigenvalue weighted by Crippen LogP contribution is 2.39. The van der Waals surface area contributed by atoms with Gasteiger partial charge in [0.2, 0.25) is 0 Å². The van der Waals surface area contributed by atoms with Gasteiger partial charge in [-0.15, -0.1) is 0 Å². The summed E-state index contributed by atoms with van der Waals surface area (Å²) in [6.07, 6.45) is -1.10. The van der Waals surface area contributed by atoms with Gasteiger partial charge in [0.15, 0.2) is 0 Å². The van der Waals surface area contributed by atoms with Crippen LogP contribution in [0.3, 0.4) is 0 Å². The van der Waals surface area contributed by atoms with E-state index in [4.69, 9.17) is 14.2 Å². The molecule has 0 saturated carbocycles. The summed E-state index contributed by atoms with van der Waals surface area (Å²) in [6, 6.07) is 0. The first-order valence-electron chi connectivity index (χ1n) is 5.65. The van der Waals surface area contributed by atoms with E-state index in [-0.39, 0.29) is 18.3 Å². The van der Waals surface area contributed by atoms with E-state index in [9.17, 15) is 5.11 Å². The minimum Gasteiger partial charge on any atom is -0.393 e. The molecule has 0 radical (unpaired) electrons. The molecule has 0 aromatic rings. The topological polar surface area (TPSA) is 47.9 Å². The van der Waals surface area contributed by atoms with Gasteiger partial charge in [-0.2, -0.15) is 0 Å². The fourth-order valence-electron chi connectivity index (χ4n) is 2.62. The van der Waals surface area contributed by atoms with Gasteiger partial charge in [-0.05, 0) is 27.7 Å². The Kier molecular flexibility index (Phi) is 6.48.